The Hall–Kier alpha value is -0.990. The summed E-state index contributed by atoms with van der Waals surface area (Å²) in [6.07, 6.45) is -1.56. The van der Waals surface area contributed by atoms with Crippen LogP contribution in [0.25, 0.3) is 0 Å². The SMILES string of the molecule is [2H]C([2H])([2H])C([2H])(C([2H])([2H])[2H])[C@@](O)(C(=O)OCC1=CC[N+]2([O-])CC[C@@H](O)[C@@H]12)C(C)O. The lowest BCUT2D eigenvalue weighted by Gasteiger charge is -2.40. The molecule has 0 aliphatic carbocycles. The summed E-state index contributed by atoms with van der Waals surface area (Å²) in [7, 11) is 0. The summed E-state index contributed by atoms with van der Waals surface area (Å²) in [5.74, 6) is -5.62. The number of ether oxygens (including phenoxy) is 1. The van der Waals surface area contributed by atoms with E-state index in [0.717, 1.165) is 6.92 Å². The van der Waals surface area contributed by atoms with Crippen molar-refractivity contribution in [1.29, 1.82) is 0 Å². The van der Waals surface area contributed by atoms with Gasteiger partial charge in [-0.15, -0.1) is 0 Å². The third-order valence-corrected chi connectivity index (χ3v) is 4.38. The van der Waals surface area contributed by atoms with Crippen LogP contribution in [0.15, 0.2) is 11.6 Å². The van der Waals surface area contributed by atoms with E-state index in [1.54, 1.807) is 0 Å². The minimum absolute atomic E-state index is 0.0300. The van der Waals surface area contributed by atoms with Gasteiger partial charge < -0.3 is 29.9 Å². The molecule has 0 saturated carbocycles. The van der Waals surface area contributed by atoms with Gasteiger partial charge >= 0.3 is 5.97 Å². The van der Waals surface area contributed by atoms with E-state index in [2.05, 4.69) is 0 Å². The standard InChI is InChI=1S/C15H25NO6/c1-9(2)15(20,10(3)17)14(19)22-8-11-4-6-16(21)7-5-12(18)13(11)16/h4,9-10,12-13,17-18,20H,5-8H2,1-3H3/t10?,12-,13-,15+,16?/m1/s1/i1D3,2D3,9D. The summed E-state index contributed by atoms with van der Waals surface area (Å²) in [5.41, 5.74) is -3.38. The van der Waals surface area contributed by atoms with Gasteiger partial charge in [-0.1, -0.05) is 13.7 Å². The minimum atomic E-state index is -3.80. The highest BCUT2D eigenvalue weighted by molar-refractivity contribution is 5.80. The largest absolute Gasteiger partial charge is 0.632 e. The molecule has 126 valence electrons. The van der Waals surface area contributed by atoms with Crippen LogP contribution in [0.5, 0.6) is 0 Å². The molecule has 5 atom stereocenters. The molecule has 0 aromatic carbocycles. The second kappa shape index (κ2) is 5.90. The quantitative estimate of drug-likeness (QED) is 0.277. The summed E-state index contributed by atoms with van der Waals surface area (Å²) in [6.45, 7) is -7.06. The van der Waals surface area contributed by atoms with Gasteiger partial charge in [-0.05, 0) is 18.9 Å². The van der Waals surface area contributed by atoms with Crippen LogP contribution in [0.3, 0.4) is 0 Å². The Kier molecular flexibility index (Phi) is 2.68. The third-order valence-electron chi connectivity index (χ3n) is 4.38. The van der Waals surface area contributed by atoms with Crippen molar-refractivity contribution in [2.24, 2.45) is 5.89 Å². The van der Waals surface area contributed by atoms with Gasteiger partial charge in [0.25, 0.3) is 0 Å². The van der Waals surface area contributed by atoms with Crippen LogP contribution < -0.4 is 0 Å². The third kappa shape index (κ3) is 2.68. The van der Waals surface area contributed by atoms with Crippen LogP contribution in [0.1, 0.15) is 36.6 Å². The molecule has 2 rings (SSSR count). The van der Waals surface area contributed by atoms with Crippen LogP contribution >= 0.6 is 0 Å². The van der Waals surface area contributed by atoms with Crippen molar-refractivity contribution >= 4 is 5.97 Å². The fourth-order valence-corrected chi connectivity index (χ4v) is 2.99. The summed E-state index contributed by atoms with van der Waals surface area (Å²) in [5, 5.41) is 43.3. The number of aliphatic hydroxyl groups is 3. The van der Waals surface area contributed by atoms with Crippen molar-refractivity contribution in [2.45, 2.75) is 50.9 Å². The smallest absolute Gasteiger partial charge is 0.341 e. The second-order valence-electron chi connectivity index (χ2n) is 5.83. The average Bonchev–Trinajstić information content (AvgIpc) is 3.05. The molecular formula is C15H25NO6. The minimum Gasteiger partial charge on any atom is -0.632 e. The van der Waals surface area contributed by atoms with Gasteiger partial charge in [0, 0.05) is 21.6 Å². The fourth-order valence-electron chi connectivity index (χ4n) is 2.99. The second-order valence-corrected chi connectivity index (χ2v) is 5.83. The molecule has 2 aliphatic heterocycles. The molecule has 0 radical (unpaired) electrons. The first-order valence-electron chi connectivity index (χ1n) is 10.5. The maximum absolute atomic E-state index is 12.6. The molecule has 0 amide bonds. The average molecular weight is 322 g/mol. The number of hydrogen-bond donors (Lipinski definition) is 3. The zero-order valence-electron chi connectivity index (χ0n) is 19.2. The van der Waals surface area contributed by atoms with Crippen LogP contribution in [-0.4, -0.2) is 69.5 Å². The van der Waals surface area contributed by atoms with E-state index in [4.69, 9.17) is 14.3 Å². The van der Waals surface area contributed by atoms with Crippen LogP contribution in [-0.2, 0) is 9.53 Å². The maximum Gasteiger partial charge on any atom is 0.341 e. The lowest BCUT2D eigenvalue weighted by Crippen LogP contribution is -2.53. The van der Waals surface area contributed by atoms with Crippen LogP contribution in [0, 0.1) is 11.1 Å². The number of carbonyl (C=O) groups excluding carboxylic acids is 1. The summed E-state index contributed by atoms with van der Waals surface area (Å²) in [6, 6.07) is -0.895. The predicted octanol–water partition coefficient (Wildman–Crippen LogP) is -0.315. The Morgan fingerprint density at radius 2 is 2.41 bits per heavy atom. The van der Waals surface area contributed by atoms with E-state index in [1.165, 1.54) is 6.08 Å². The number of nitrogens with zero attached hydrogens (tertiary/aromatic N) is 1. The van der Waals surface area contributed by atoms with E-state index in [9.17, 15) is 25.3 Å². The lowest BCUT2D eigenvalue weighted by molar-refractivity contribution is -0.877. The van der Waals surface area contributed by atoms with Gasteiger partial charge in [0.05, 0.1) is 19.2 Å². The Bertz CT molecular complexity index is 680. The van der Waals surface area contributed by atoms with Crippen molar-refractivity contribution in [3.63, 3.8) is 0 Å². The first-order valence-corrected chi connectivity index (χ1v) is 6.96. The number of fused-ring (bicyclic) bond motifs is 1. The van der Waals surface area contributed by atoms with E-state index >= 15 is 0 Å². The molecule has 0 bridgehead atoms. The molecule has 7 nitrogen and oxygen atoms in total. The maximum atomic E-state index is 12.6. The molecule has 0 aromatic heterocycles. The molecule has 7 heteroatoms. The molecule has 0 aromatic rings. The van der Waals surface area contributed by atoms with Crippen molar-refractivity contribution in [1.82, 2.24) is 0 Å². The van der Waals surface area contributed by atoms with Crippen molar-refractivity contribution in [3.8, 4) is 0 Å². The molecule has 1 saturated heterocycles. The highest BCUT2D eigenvalue weighted by atomic mass is 16.6. The van der Waals surface area contributed by atoms with E-state index in [-0.39, 0.29) is 25.1 Å². The van der Waals surface area contributed by atoms with Crippen molar-refractivity contribution in [2.75, 3.05) is 19.7 Å². The van der Waals surface area contributed by atoms with Crippen LogP contribution in [0.4, 0.5) is 0 Å². The Labute approximate surface area is 139 Å². The Morgan fingerprint density at radius 1 is 1.73 bits per heavy atom. The summed E-state index contributed by atoms with van der Waals surface area (Å²) >= 11 is 0. The van der Waals surface area contributed by atoms with Gasteiger partial charge in [-0.25, -0.2) is 4.79 Å². The molecule has 3 N–H and O–H groups in total. The molecule has 1 fully saturated rings. The monoisotopic (exact) mass is 322 g/mol. The molecule has 2 aliphatic rings. The van der Waals surface area contributed by atoms with Gasteiger partial charge in [-0.2, -0.15) is 0 Å². The Morgan fingerprint density at radius 3 is 3.00 bits per heavy atom. The first kappa shape index (κ1) is 10.00. The Balaban J connectivity index is 2.32. The zero-order chi connectivity index (χ0) is 22.6. The number of rotatable bonds is 5. The van der Waals surface area contributed by atoms with E-state index in [0.29, 0.717) is 0 Å². The molecule has 2 unspecified atom stereocenters. The first-order chi connectivity index (χ1) is 12.9. The van der Waals surface area contributed by atoms with Gasteiger partial charge in [0.2, 0.25) is 0 Å². The number of quaternary nitrogens is 1. The normalized spacial score (nSPS) is 41.3. The van der Waals surface area contributed by atoms with Crippen molar-refractivity contribution in [3.05, 3.63) is 16.9 Å². The molecule has 2 heterocycles. The summed E-state index contributed by atoms with van der Waals surface area (Å²) < 4.78 is 56.9. The zero-order valence-corrected chi connectivity index (χ0v) is 12.2. The van der Waals surface area contributed by atoms with Gasteiger partial charge in [-0.3, -0.25) is 0 Å². The summed E-state index contributed by atoms with van der Waals surface area (Å²) in [4.78, 5) is 12.6. The van der Waals surface area contributed by atoms with E-state index in [1.807, 2.05) is 0 Å². The van der Waals surface area contributed by atoms with E-state index < -0.39 is 60.7 Å². The highest BCUT2D eigenvalue weighted by Crippen LogP contribution is 2.36. The highest BCUT2D eigenvalue weighted by Gasteiger charge is 2.49. The molecular weight excluding hydrogens is 290 g/mol. The number of hydroxylamine groups is 3. The van der Waals surface area contributed by atoms with Crippen LogP contribution in [0.2, 0.25) is 0 Å². The van der Waals surface area contributed by atoms with Crippen molar-refractivity contribution < 1.29 is 39.1 Å². The molecule has 22 heavy (non-hydrogen) atoms. The number of carbonyl (C=O) groups is 1. The lowest BCUT2D eigenvalue weighted by atomic mass is 9.85. The number of aliphatic hydroxyl groups excluding tert-OH is 2. The topological polar surface area (TPSA) is 110 Å². The fraction of sp³-hybridized carbons (Fsp3) is 0.800. The number of esters is 1. The predicted molar refractivity (Wildman–Crippen MR) is 78.3 cm³/mol. The van der Waals surface area contributed by atoms with Gasteiger partial charge in [0.1, 0.15) is 18.8 Å². The molecule has 0 spiro atoms. The van der Waals surface area contributed by atoms with Gasteiger partial charge in [0.15, 0.2) is 5.60 Å². The number of hydrogen-bond acceptors (Lipinski definition) is 6.